The van der Waals surface area contributed by atoms with Crippen molar-refractivity contribution in [2.75, 3.05) is 19.6 Å². The molecule has 0 aromatic heterocycles. The van der Waals surface area contributed by atoms with E-state index in [0.717, 1.165) is 32.5 Å². The highest BCUT2D eigenvalue weighted by atomic mass is 16.2. The number of aldehydes is 1. The Bertz CT molecular complexity index is 906. The Morgan fingerprint density at radius 1 is 1.10 bits per heavy atom. The smallest absolute Gasteiger partial charge is 0.281 e. The van der Waals surface area contributed by atoms with Gasteiger partial charge in [-0.05, 0) is 42.4 Å². The lowest BCUT2D eigenvalue weighted by Gasteiger charge is -2.36. The average Bonchev–Trinajstić information content (AvgIpc) is 3.19. The zero-order valence-electron chi connectivity index (χ0n) is 25.1. The van der Waals surface area contributed by atoms with E-state index >= 15 is 0 Å². The number of hydrogen-bond acceptors (Lipinski definition) is 6. The molecule has 5 N–H and O–H groups in total. The number of nitrogens with zero attached hydrogens (tertiary/aromatic N) is 1. The van der Waals surface area contributed by atoms with E-state index in [1.165, 1.54) is 0 Å². The maximum absolute atomic E-state index is 12.9. The number of fused-ring (bicyclic) bond motifs is 1. The fourth-order valence-corrected chi connectivity index (χ4v) is 4.97. The van der Waals surface area contributed by atoms with Crippen LogP contribution in [0, 0.1) is 34.0 Å². The first-order valence-corrected chi connectivity index (χ1v) is 13.6. The van der Waals surface area contributed by atoms with E-state index in [0.29, 0.717) is 23.7 Å². The van der Waals surface area contributed by atoms with Gasteiger partial charge in [0.15, 0.2) is 0 Å². The van der Waals surface area contributed by atoms with Crippen LogP contribution >= 0.6 is 0 Å². The summed E-state index contributed by atoms with van der Waals surface area (Å²) in [4.78, 5) is 66.6. The molecule has 3 rings (SSSR count). The number of carbonyl (C=O) groups is 6. The Kier molecular flexibility index (Phi) is 11.7. The van der Waals surface area contributed by atoms with Crippen molar-refractivity contribution in [3.63, 3.8) is 0 Å². The van der Waals surface area contributed by atoms with Crippen molar-refractivity contribution in [3.05, 3.63) is 0 Å². The molecule has 0 bridgehead atoms. The van der Waals surface area contributed by atoms with Crippen LogP contribution in [0.4, 0.5) is 0 Å². The Hall–Kier alpha value is -2.98. The standard InChI is InChI=1S/C18H32N2O2.C8H14N2O2.C2H3NO2/c1-16(2,3)13(19-15(22)17(4,5)6)14(21)20-9-11-12(10-20)18(11,7)8;1-6(10-5-11)4-7-2-3-9-8(7)12;3-2(5)1-4/h11-13H,9-10H2,1-8H3,(H,19,22);5-7H,2-4H2,1H3,(H,9,12)(H,10,11);1H,(H2,3,5). The molecule has 0 aromatic rings. The zero-order valence-corrected chi connectivity index (χ0v) is 25.1. The molecule has 5 unspecified atom stereocenters. The molecule has 5 amide bonds. The number of piperidine rings is 1. The van der Waals surface area contributed by atoms with E-state index in [-0.39, 0.29) is 41.4 Å². The molecule has 0 radical (unpaired) electrons. The highest BCUT2D eigenvalue weighted by molar-refractivity contribution is 6.22. The third-order valence-corrected chi connectivity index (χ3v) is 7.77. The van der Waals surface area contributed by atoms with Crippen LogP contribution in [0.15, 0.2) is 0 Å². The van der Waals surface area contributed by atoms with Gasteiger partial charge in [-0.3, -0.25) is 28.8 Å². The SMILES string of the molecule is CC(C)(C)C(=O)NC(C(=O)N1CC2C(C1)C2(C)C)C(C)(C)C.CC(CC1CCNC1=O)NC=O.NC(=O)C=O. The molecule has 11 heteroatoms. The molecule has 3 aliphatic rings. The molecule has 5 atom stereocenters. The fourth-order valence-electron chi connectivity index (χ4n) is 4.97. The Balaban J connectivity index is 0.000000373. The third kappa shape index (κ3) is 9.93. The van der Waals surface area contributed by atoms with E-state index in [1.54, 1.807) is 0 Å². The molecule has 0 aromatic carbocycles. The van der Waals surface area contributed by atoms with Crippen LogP contribution in [-0.4, -0.2) is 72.9 Å². The van der Waals surface area contributed by atoms with Crippen LogP contribution in [0.5, 0.6) is 0 Å². The number of nitrogens with two attached hydrogens (primary N) is 1. The summed E-state index contributed by atoms with van der Waals surface area (Å²) in [6, 6.07) is -0.365. The minimum atomic E-state index is -0.926. The summed E-state index contributed by atoms with van der Waals surface area (Å²) in [5, 5.41) is 8.39. The van der Waals surface area contributed by atoms with E-state index in [9.17, 15) is 24.0 Å². The third-order valence-electron chi connectivity index (χ3n) is 7.77. The fraction of sp³-hybridized carbons (Fsp3) is 0.786. The maximum Gasteiger partial charge on any atom is 0.281 e. The Morgan fingerprint density at radius 2 is 1.62 bits per heavy atom. The van der Waals surface area contributed by atoms with Crippen LogP contribution in [0.2, 0.25) is 0 Å². The average molecular weight is 552 g/mol. The Morgan fingerprint density at radius 3 is 1.97 bits per heavy atom. The monoisotopic (exact) mass is 551 g/mol. The van der Waals surface area contributed by atoms with Gasteiger partial charge in [0.25, 0.3) is 5.91 Å². The van der Waals surface area contributed by atoms with E-state index in [2.05, 4.69) is 35.5 Å². The normalized spacial score (nSPS) is 24.3. The van der Waals surface area contributed by atoms with Gasteiger partial charge in [0, 0.05) is 37.0 Å². The summed E-state index contributed by atoms with van der Waals surface area (Å²) in [6.45, 7) is 20.6. The van der Waals surface area contributed by atoms with Crippen LogP contribution in [0.25, 0.3) is 0 Å². The summed E-state index contributed by atoms with van der Waals surface area (Å²) >= 11 is 0. The van der Waals surface area contributed by atoms with E-state index in [4.69, 9.17) is 4.79 Å². The first-order valence-electron chi connectivity index (χ1n) is 13.6. The molecular weight excluding hydrogens is 502 g/mol. The van der Waals surface area contributed by atoms with Gasteiger partial charge in [-0.25, -0.2) is 0 Å². The molecule has 3 fully saturated rings. The van der Waals surface area contributed by atoms with Crippen molar-refractivity contribution in [2.24, 2.45) is 39.7 Å². The number of amides is 5. The lowest BCUT2D eigenvalue weighted by atomic mass is 9.84. The molecule has 2 saturated heterocycles. The second-order valence-corrected chi connectivity index (χ2v) is 13.5. The van der Waals surface area contributed by atoms with Gasteiger partial charge in [0.05, 0.1) is 0 Å². The number of hydrogen-bond donors (Lipinski definition) is 4. The molecular formula is C28H49N5O6. The first-order chi connectivity index (χ1) is 17.8. The minimum absolute atomic E-state index is 0.0556. The topological polar surface area (TPSA) is 168 Å². The minimum Gasteiger partial charge on any atom is -0.363 e. The van der Waals surface area contributed by atoms with Crippen LogP contribution in [0.3, 0.4) is 0 Å². The van der Waals surface area contributed by atoms with E-state index in [1.807, 2.05) is 53.4 Å². The van der Waals surface area contributed by atoms with Gasteiger partial charge < -0.3 is 26.6 Å². The number of likely N-dealkylation sites (tertiary alicyclic amines) is 1. The lowest BCUT2D eigenvalue weighted by molar-refractivity contribution is -0.141. The van der Waals surface area contributed by atoms with Crippen molar-refractivity contribution in [3.8, 4) is 0 Å². The van der Waals surface area contributed by atoms with E-state index < -0.39 is 17.4 Å². The molecule has 11 nitrogen and oxygen atoms in total. The molecule has 1 aliphatic carbocycles. The van der Waals surface area contributed by atoms with Gasteiger partial charge in [-0.15, -0.1) is 0 Å². The van der Waals surface area contributed by atoms with Gasteiger partial charge in [-0.2, -0.15) is 0 Å². The molecule has 39 heavy (non-hydrogen) atoms. The Labute approximate surface area is 232 Å². The second-order valence-electron chi connectivity index (χ2n) is 13.5. The van der Waals surface area contributed by atoms with Crippen LogP contribution < -0.4 is 21.7 Å². The predicted octanol–water partition coefficient (Wildman–Crippen LogP) is 0.996. The molecule has 0 spiro atoms. The van der Waals surface area contributed by atoms with Crippen molar-refractivity contribution < 1.29 is 28.8 Å². The summed E-state index contributed by atoms with van der Waals surface area (Å²) in [5.41, 5.74) is 3.90. The molecule has 1 saturated carbocycles. The van der Waals surface area contributed by atoms with Gasteiger partial charge in [0.2, 0.25) is 30.4 Å². The largest absolute Gasteiger partial charge is 0.363 e. The van der Waals surface area contributed by atoms with Crippen molar-refractivity contribution in [1.29, 1.82) is 0 Å². The summed E-state index contributed by atoms with van der Waals surface area (Å²) < 4.78 is 0. The summed E-state index contributed by atoms with van der Waals surface area (Å²) in [5.74, 6) is 0.566. The van der Waals surface area contributed by atoms with Crippen LogP contribution in [0.1, 0.15) is 75.2 Å². The van der Waals surface area contributed by atoms with Crippen molar-refractivity contribution in [1.82, 2.24) is 20.9 Å². The molecule has 222 valence electrons. The number of carbonyl (C=O) groups excluding carboxylic acids is 6. The van der Waals surface area contributed by atoms with Crippen molar-refractivity contribution >= 4 is 36.3 Å². The number of rotatable bonds is 7. The zero-order chi connectivity index (χ0) is 30.3. The number of primary amides is 1. The van der Waals surface area contributed by atoms with Gasteiger partial charge >= 0.3 is 0 Å². The maximum atomic E-state index is 12.9. The number of nitrogens with one attached hydrogen (secondary N) is 3. The van der Waals surface area contributed by atoms with Crippen LogP contribution in [-0.2, 0) is 28.8 Å². The summed E-state index contributed by atoms with van der Waals surface area (Å²) in [7, 11) is 0. The predicted molar refractivity (Wildman–Crippen MR) is 148 cm³/mol. The highest BCUT2D eigenvalue weighted by Crippen LogP contribution is 2.62. The first kappa shape index (κ1) is 34.0. The van der Waals surface area contributed by atoms with Crippen molar-refractivity contribution in [2.45, 2.75) is 87.2 Å². The molecule has 2 heterocycles. The lowest BCUT2D eigenvalue weighted by Crippen LogP contribution is -2.56. The van der Waals surface area contributed by atoms with Gasteiger partial charge in [0.1, 0.15) is 6.04 Å². The summed E-state index contributed by atoms with van der Waals surface area (Å²) in [6.07, 6.45) is 2.37. The highest BCUT2D eigenvalue weighted by Gasteiger charge is 2.63. The molecule has 2 aliphatic heterocycles. The van der Waals surface area contributed by atoms with Gasteiger partial charge in [-0.1, -0.05) is 55.4 Å². The second kappa shape index (κ2) is 13.4. The quantitative estimate of drug-likeness (QED) is 0.272.